The smallest absolute Gasteiger partial charge is 0.110 e. The van der Waals surface area contributed by atoms with Gasteiger partial charge in [0.2, 0.25) is 0 Å². The summed E-state index contributed by atoms with van der Waals surface area (Å²) in [6.45, 7) is 3.59. The lowest BCUT2D eigenvalue weighted by Gasteiger charge is -2.18. The van der Waals surface area contributed by atoms with Crippen LogP contribution in [0.5, 0.6) is 0 Å². The molecule has 0 fully saturated rings. The van der Waals surface area contributed by atoms with Crippen LogP contribution in [0.15, 0.2) is 43.0 Å². The Bertz CT molecular complexity index is 284. The van der Waals surface area contributed by atoms with E-state index in [2.05, 4.69) is 6.58 Å². The zero-order valence-corrected chi connectivity index (χ0v) is 8.54. The van der Waals surface area contributed by atoms with Crippen LogP contribution in [0.2, 0.25) is 0 Å². The van der Waals surface area contributed by atoms with E-state index in [0.717, 1.165) is 5.56 Å². The molecule has 0 radical (unpaired) electrons. The van der Waals surface area contributed by atoms with E-state index in [1.165, 1.54) is 6.08 Å². The van der Waals surface area contributed by atoms with Gasteiger partial charge in [0.15, 0.2) is 0 Å². The molecule has 0 unspecified atom stereocenters. The molecule has 0 aliphatic heterocycles. The lowest BCUT2D eigenvalue weighted by atomic mass is 10.2. The Labute approximate surface area is 89.6 Å². The van der Waals surface area contributed by atoms with Gasteiger partial charge in [0.25, 0.3) is 0 Å². The Morgan fingerprint density at radius 3 is 2.53 bits per heavy atom. The van der Waals surface area contributed by atoms with Gasteiger partial charge in [-0.3, -0.25) is 0 Å². The summed E-state index contributed by atoms with van der Waals surface area (Å²) in [6, 6.07) is 9.60. The van der Waals surface area contributed by atoms with Crippen molar-refractivity contribution in [3.05, 3.63) is 48.6 Å². The predicted octanol–water partition coefficient (Wildman–Crippen LogP) is 1.11. The van der Waals surface area contributed by atoms with Gasteiger partial charge in [0, 0.05) is 0 Å². The van der Waals surface area contributed by atoms with Crippen molar-refractivity contribution in [2.24, 2.45) is 0 Å². The van der Waals surface area contributed by atoms with Crippen molar-refractivity contribution in [2.75, 3.05) is 6.61 Å². The molecular weight excluding hydrogens is 192 g/mol. The van der Waals surface area contributed by atoms with Crippen LogP contribution in [0.25, 0.3) is 0 Å². The molecule has 2 N–H and O–H groups in total. The highest BCUT2D eigenvalue weighted by Crippen LogP contribution is 2.06. The third-order valence-corrected chi connectivity index (χ3v) is 2.11. The molecule has 1 aromatic carbocycles. The Hall–Kier alpha value is -1.16. The van der Waals surface area contributed by atoms with Gasteiger partial charge in [0.05, 0.1) is 13.2 Å². The van der Waals surface area contributed by atoms with Gasteiger partial charge < -0.3 is 14.9 Å². The number of hydrogen-bond donors (Lipinski definition) is 2. The van der Waals surface area contributed by atoms with Crippen molar-refractivity contribution < 1.29 is 14.9 Å². The van der Waals surface area contributed by atoms with Crippen LogP contribution in [0.3, 0.4) is 0 Å². The number of aliphatic hydroxyl groups excluding tert-OH is 2. The first kappa shape index (κ1) is 11.9. The average Bonchev–Trinajstić information content (AvgIpc) is 2.31. The van der Waals surface area contributed by atoms with Gasteiger partial charge in [-0.05, 0) is 5.56 Å². The minimum absolute atomic E-state index is 0.222. The third kappa shape index (κ3) is 3.83. The summed E-state index contributed by atoms with van der Waals surface area (Å²) < 4.78 is 5.36. The first-order valence-corrected chi connectivity index (χ1v) is 4.85. The normalized spacial score (nSPS) is 14.5. The molecule has 0 saturated heterocycles. The van der Waals surface area contributed by atoms with E-state index in [0.29, 0.717) is 6.61 Å². The Balaban J connectivity index is 2.44. The average molecular weight is 208 g/mol. The predicted molar refractivity (Wildman–Crippen MR) is 58.3 cm³/mol. The van der Waals surface area contributed by atoms with E-state index in [9.17, 15) is 5.11 Å². The molecule has 0 amide bonds. The van der Waals surface area contributed by atoms with Crippen LogP contribution in [0.1, 0.15) is 5.56 Å². The molecule has 15 heavy (non-hydrogen) atoms. The summed E-state index contributed by atoms with van der Waals surface area (Å²) in [5, 5.41) is 18.4. The Kier molecular flexibility index (Phi) is 5.04. The minimum Gasteiger partial charge on any atom is -0.394 e. The molecule has 3 heteroatoms. The molecule has 3 nitrogen and oxygen atoms in total. The first-order chi connectivity index (χ1) is 7.27. The Morgan fingerprint density at radius 2 is 2.00 bits per heavy atom. The minimum atomic E-state index is -0.835. The largest absolute Gasteiger partial charge is 0.394 e. The maximum absolute atomic E-state index is 9.39. The maximum Gasteiger partial charge on any atom is 0.110 e. The number of aliphatic hydroxyl groups is 2. The van der Waals surface area contributed by atoms with Crippen LogP contribution in [-0.2, 0) is 11.3 Å². The molecule has 2 atom stereocenters. The van der Waals surface area contributed by atoms with Crippen molar-refractivity contribution >= 4 is 0 Å². The van der Waals surface area contributed by atoms with E-state index < -0.39 is 12.2 Å². The molecule has 0 saturated carbocycles. The summed E-state index contributed by atoms with van der Waals surface area (Å²) in [7, 11) is 0. The summed E-state index contributed by atoms with van der Waals surface area (Å²) in [5.41, 5.74) is 1.01. The fourth-order valence-corrected chi connectivity index (χ4v) is 1.19. The zero-order valence-electron chi connectivity index (χ0n) is 8.54. The fourth-order valence-electron chi connectivity index (χ4n) is 1.19. The summed E-state index contributed by atoms with van der Waals surface area (Å²) in [4.78, 5) is 0. The SMILES string of the molecule is C=C[C@H](O)[C@@H](CO)OCc1ccccc1. The summed E-state index contributed by atoms with van der Waals surface area (Å²) >= 11 is 0. The lowest BCUT2D eigenvalue weighted by Crippen LogP contribution is -2.30. The highest BCUT2D eigenvalue weighted by atomic mass is 16.5. The van der Waals surface area contributed by atoms with Gasteiger partial charge in [-0.25, -0.2) is 0 Å². The molecule has 0 bridgehead atoms. The van der Waals surface area contributed by atoms with Crippen LogP contribution in [0.4, 0.5) is 0 Å². The molecule has 82 valence electrons. The van der Waals surface area contributed by atoms with Crippen LogP contribution >= 0.6 is 0 Å². The zero-order chi connectivity index (χ0) is 11.1. The van der Waals surface area contributed by atoms with Gasteiger partial charge in [-0.15, -0.1) is 6.58 Å². The van der Waals surface area contributed by atoms with Crippen LogP contribution < -0.4 is 0 Å². The van der Waals surface area contributed by atoms with Crippen molar-refractivity contribution in [3.8, 4) is 0 Å². The van der Waals surface area contributed by atoms with E-state index >= 15 is 0 Å². The molecule has 1 aromatic rings. The quantitative estimate of drug-likeness (QED) is 0.688. The molecular formula is C12H16O3. The van der Waals surface area contributed by atoms with Crippen LogP contribution in [0, 0.1) is 0 Å². The number of ether oxygens (including phenoxy) is 1. The van der Waals surface area contributed by atoms with E-state index in [4.69, 9.17) is 9.84 Å². The first-order valence-electron chi connectivity index (χ1n) is 4.85. The van der Waals surface area contributed by atoms with Crippen molar-refractivity contribution in [1.29, 1.82) is 0 Å². The Morgan fingerprint density at radius 1 is 1.33 bits per heavy atom. The van der Waals surface area contributed by atoms with E-state index in [1.54, 1.807) is 0 Å². The van der Waals surface area contributed by atoms with Gasteiger partial charge in [-0.2, -0.15) is 0 Å². The van der Waals surface area contributed by atoms with Crippen molar-refractivity contribution in [3.63, 3.8) is 0 Å². The summed E-state index contributed by atoms with van der Waals surface area (Å²) in [5.74, 6) is 0. The standard InChI is InChI=1S/C12H16O3/c1-2-11(14)12(8-13)15-9-10-6-4-3-5-7-10/h2-7,11-14H,1,8-9H2/t11-,12+/m0/s1. The maximum atomic E-state index is 9.39. The summed E-state index contributed by atoms with van der Waals surface area (Å²) in [6.07, 6.45) is -0.0901. The second-order valence-corrected chi connectivity index (χ2v) is 3.24. The fraction of sp³-hybridized carbons (Fsp3) is 0.333. The monoisotopic (exact) mass is 208 g/mol. The number of hydrogen-bond acceptors (Lipinski definition) is 3. The highest BCUT2D eigenvalue weighted by molar-refractivity contribution is 5.13. The van der Waals surface area contributed by atoms with Gasteiger partial charge in [-0.1, -0.05) is 36.4 Å². The lowest BCUT2D eigenvalue weighted by molar-refractivity contribution is -0.0538. The second-order valence-electron chi connectivity index (χ2n) is 3.24. The molecule has 0 heterocycles. The third-order valence-electron chi connectivity index (χ3n) is 2.11. The molecule has 1 rings (SSSR count). The molecule has 0 aromatic heterocycles. The van der Waals surface area contributed by atoms with Gasteiger partial charge >= 0.3 is 0 Å². The van der Waals surface area contributed by atoms with Crippen LogP contribution in [-0.4, -0.2) is 29.0 Å². The van der Waals surface area contributed by atoms with E-state index in [-0.39, 0.29) is 6.61 Å². The van der Waals surface area contributed by atoms with Crippen molar-refractivity contribution in [2.45, 2.75) is 18.8 Å². The topological polar surface area (TPSA) is 49.7 Å². The van der Waals surface area contributed by atoms with Gasteiger partial charge in [0.1, 0.15) is 12.2 Å². The molecule has 0 spiro atoms. The highest BCUT2D eigenvalue weighted by Gasteiger charge is 2.15. The second kappa shape index (κ2) is 6.35. The van der Waals surface area contributed by atoms with E-state index in [1.807, 2.05) is 30.3 Å². The molecule has 0 aliphatic rings. The number of benzene rings is 1. The van der Waals surface area contributed by atoms with Crippen molar-refractivity contribution in [1.82, 2.24) is 0 Å². The molecule has 0 aliphatic carbocycles. The number of rotatable bonds is 6.